The van der Waals surface area contributed by atoms with Crippen molar-refractivity contribution in [1.29, 1.82) is 5.26 Å². The number of nitriles is 1. The summed E-state index contributed by atoms with van der Waals surface area (Å²) in [5.41, 5.74) is 4.28. The third-order valence-electron chi connectivity index (χ3n) is 3.37. The summed E-state index contributed by atoms with van der Waals surface area (Å²) in [7, 11) is 0. The molecule has 2 heteroatoms. The molecule has 0 aliphatic heterocycles. The Balaban J connectivity index is 2.17. The normalized spacial score (nSPS) is 9.77. The topological polar surface area (TPSA) is 36.1 Å². The monoisotopic (exact) mass is 288 g/mol. The van der Waals surface area contributed by atoms with E-state index in [1.54, 1.807) is 0 Å². The van der Waals surface area contributed by atoms with Gasteiger partial charge in [-0.1, -0.05) is 72.8 Å². The minimum atomic E-state index is 0.576. The quantitative estimate of drug-likeness (QED) is 0.410. The van der Waals surface area contributed by atoms with Gasteiger partial charge in [0.1, 0.15) is 0 Å². The molecule has 2 nitrogen and oxygen atoms in total. The summed E-state index contributed by atoms with van der Waals surface area (Å²) in [6.07, 6.45) is 2.29. The molecule has 2 rings (SSSR count). The summed E-state index contributed by atoms with van der Waals surface area (Å²) in [5, 5.41) is 8.59. The maximum Gasteiger partial charge on any atom is 0.0722 e. The third-order valence-corrected chi connectivity index (χ3v) is 3.37. The lowest BCUT2D eigenvalue weighted by Crippen LogP contribution is -2.05. The molecule has 0 N–H and O–H groups in total. The number of hydrogen-bond acceptors (Lipinski definition) is 2. The number of nitrogens with zero attached hydrogens (tertiary/aromatic N) is 2. The Morgan fingerprint density at radius 2 is 1.50 bits per heavy atom. The molecule has 0 aliphatic carbocycles. The van der Waals surface area contributed by atoms with Crippen LogP contribution in [0.2, 0.25) is 0 Å². The van der Waals surface area contributed by atoms with E-state index in [-0.39, 0.29) is 0 Å². The fraction of sp³-hybridized carbons (Fsp3) is 0.200. The summed E-state index contributed by atoms with van der Waals surface area (Å²) in [4.78, 5) is 4.78. The first-order valence-electron chi connectivity index (χ1n) is 7.50. The van der Waals surface area contributed by atoms with E-state index in [2.05, 4.69) is 36.9 Å². The average molecular weight is 288 g/mol. The summed E-state index contributed by atoms with van der Waals surface area (Å²) in [5.74, 6) is 0. The van der Waals surface area contributed by atoms with Gasteiger partial charge in [-0.2, -0.15) is 5.26 Å². The fourth-order valence-corrected chi connectivity index (χ4v) is 2.23. The highest BCUT2D eigenvalue weighted by atomic mass is 14.7. The molecular formula is C20H20N2. The van der Waals surface area contributed by atoms with Crippen LogP contribution >= 0.6 is 0 Å². The minimum absolute atomic E-state index is 0.576. The van der Waals surface area contributed by atoms with Gasteiger partial charge in [0.05, 0.1) is 18.3 Å². The lowest BCUT2D eigenvalue weighted by atomic mass is 10.0. The van der Waals surface area contributed by atoms with Gasteiger partial charge in [-0.25, -0.2) is 0 Å². The van der Waals surface area contributed by atoms with Crippen molar-refractivity contribution in [2.45, 2.75) is 19.3 Å². The number of unbranched alkanes of at least 4 members (excludes halogenated alkanes) is 1. The highest BCUT2D eigenvalue weighted by Crippen LogP contribution is 2.13. The highest BCUT2D eigenvalue weighted by molar-refractivity contribution is 6.12. The van der Waals surface area contributed by atoms with E-state index < -0.39 is 0 Å². The van der Waals surface area contributed by atoms with Gasteiger partial charge < -0.3 is 0 Å². The SMILES string of the molecule is C=C(CCCC#N)CN=C(c1ccccc1)c1ccccc1. The van der Waals surface area contributed by atoms with E-state index in [9.17, 15) is 0 Å². The zero-order valence-corrected chi connectivity index (χ0v) is 12.7. The predicted molar refractivity (Wildman–Crippen MR) is 92.0 cm³/mol. The Labute approximate surface area is 132 Å². The lowest BCUT2D eigenvalue weighted by molar-refractivity contribution is 0.824. The maximum absolute atomic E-state index is 8.59. The van der Waals surface area contributed by atoms with Gasteiger partial charge in [-0.3, -0.25) is 4.99 Å². The molecule has 2 aromatic rings. The molecular weight excluding hydrogens is 268 g/mol. The Hall–Kier alpha value is -2.66. The Morgan fingerprint density at radius 3 is 2.00 bits per heavy atom. The summed E-state index contributed by atoms with van der Waals surface area (Å²) < 4.78 is 0. The molecule has 0 aromatic heterocycles. The summed E-state index contributed by atoms with van der Waals surface area (Å²) >= 11 is 0. The van der Waals surface area contributed by atoms with Crippen molar-refractivity contribution < 1.29 is 0 Å². The van der Waals surface area contributed by atoms with E-state index in [0.29, 0.717) is 13.0 Å². The van der Waals surface area contributed by atoms with Crippen LogP contribution in [0.4, 0.5) is 0 Å². The van der Waals surface area contributed by atoms with Crippen molar-refractivity contribution in [3.63, 3.8) is 0 Å². The first kappa shape index (κ1) is 15.7. The summed E-state index contributed by atoms with van der Waals surface area (Å²) in [6, 6.07) is 22.6. The second-order valence-corrected chi connectivity index (χ2v) is 5.16. The number of rotatable bonds is 7. The van der Waals surface area contributed by atoms with Gasteiger partial charge in [-0.15, -0.1) is 0 Å². The molecule has 0 heterocycles. The van der Waals surface area contributed by atoms with Crippen LogP contribution in [0.1, 0.15) is 30.4 Å². The number of hydrogen-bond donors (Lipinski definition) is 0. The second-order valence-electron chi connectivity index (χ2n) is 5.16. The van der Waals surface area contributed by atoms with E-state index in [1.165, 1.54) is 0 Å². The molecule has 0 fully saturated rings. The van der Waals surface area contributed by atoms with Crippen molar-refractivity contribution in [1.82, 2.24) is 0 Å². The zero-order valence-electron chi connectivity index (χ0n) is 12.7. The molecule has 2 aromatic carbocycles. The van der Waals surface area contributed by atoms with Crippen LogP contribution in [-0.2, 0) is 0 Å². The fourth-order valence-electron chi connectivity index (χ4n) is 2.23. The van der Waals surface area contributed by atoms with Crippen molar-refractivity contribution in [3.8, 4) is 6.07 Å². The smallest absolute Gasteiger partial charge is 0.0722 e. The van der Waals surface area contributed by atoms with Crippen molar-refractivity contribution in [3.05, 3.63) is 83.9 Å². The molecule has 22 heavy (non-hydrogen) atoms. The van der Waals surface area contributed by atoms with Crippen LogP contribution in [0.15, 0.2) is 77.8 Å². The predicted octanol–water partition coefficient (Wildman–Crippen LogP) is 4.77. The van der Waals surface area contributed by atoms with Gasteiger partial charge in [0.25, 0.3) is 0 Å². The number of aliphatic imine (C=N–C) groups is 1. The minimum Gasteiger partial charge on any atom is -0.280 e. The van der Waals surface area contributed by atoms with Gasteiger partial charge >= 0.3 is 0 Å². The maximum atomic E-state index is 8.59. The Kier molecular flexibility index (Phi) is 6.14. The highest BCUT2D eigenvalue weighted by Gasteiger charge is 2.06. The molecule has 0 bridgehead atoms. The molecule has 0 saturated heterocycles. The van der Waals surface area contributed by atoms with Crippen LogP contribution in [0.3, 0.4) is 0 Å². The Morgan fingerprint density at radius 1 is 0.955 bits per heavy atom. The van der Waals surface area contributed by atoms with Crippen LogP contribution in [0.25, 0.3) is 0 Å². The van der Waals surface area contributed by atoms with Crippen molar-refractivity contribution >= 4 is 5.71 Å². The van der Waals surface area contributed by atoms with Crippen molar-refractivity contribution in [2.24, 2.45) is 4.99 Å². The van der Waals surface area contributed by atoms with Crippen molar-refractivity contribution in [2.75, 3.05) is 6.54 Å². The van der Waals surface area contributed by atoms with Crippen LogP contribution in [0, 0.1) is 11.3 Å². The van der Waals surface area contributed by atoms with E-state index >= 15 is 0 Å². The van der Waals surface area contributed by atoms with Gasteiger partial charge in [0.15, 0.2) is 0 Å². The van der Waals surface area contributed by atoms with Gasteiger partial charge in [0, 0.05) is 17.5 Å². The molecule has 0 atom stereocenters. The molecule has 0 unspecified atom stereocenters. The van der Waals surface area contributed by atoms with Gasteiger partial charge in [-0.05, 0) is 12.8 Å². The average Bonchev–Trinajstić information content (AvgIpc) is 2.57. The van der Waals surface area contributed by atoms with Crippen LogP contribution in [-0.4, -0.2) is 12.3 Å². The molecule has 0 aliphatic rings. The molecule has 0 saturated carbocycles. The standard InChI is InChI=1S/C20H20N2/c1-17(10-8-9-15-21)16-22-20(18-11-4-2-5-12-18)19-13-6-3-7-14-19/h2-7,11-14H,1,8-10,16H2. The lowest BCUT2D eigenvalue weighted by Gasteiger charge is -2.08. The van der Waals surface area contributed by atoms with Crippen LogP contribution < -0.4 is 0 Å². The first-order chi connectivity index (χ1) is 10.8. The largest absolute Gasteiger partial charge is 0.280 e. The Bertz CT molecular complexity index is 622. The summed E-state index contributed by atoms with van der Waals surface area (Å²) in [6.45, 7) is 4.67. The second kappa shape index (κ2) is 8.59. The van der Waals surface area contributed by atoms with E-state index in [0.717, 1.165) is 35.3 Å². The molecule has 0 amide bonds. The zero-order chi connectivity index (χ0) is 15.6. The molecule has 0 radical (unpaired) electrons. The third kappa shape index (κ3) is 4.71. The number of benzene rings is 2. The molecule has 110 valence electrons. The van der Waals surface area contributed by atoms with Gasteiger partial charge in [0.2, 0.25) is 0 Å². The van der Waals surface area contributed by atoms with E-state index in [1.807, 2.05) is 36.4 Å². The van der Waals surface area contributed by atoms with E-state index in [4.69, 9.17) is 10.3 Å². The first-order valence-corrected chi connectivity index (χ1v) is 7.50. The molecule has 0 spiro atoms. The van der Waals surface area contributed by atoms with Crippen LogP contribution in [0.5, 0.6) is 0 Å².